The predicted molar refractivity (Wildman–Crippen MR) is 202 cm³/mol. The standard InChI is InChI=1S/C45H31N3/c1-3-15-31(16-4-1)38-28-33(29-39(46-38)32-17-5-2-6-18-32)47-42-24-12-10-22-37(42)44-43(47)27-26-36-35-21-9-11-23-41(35)48(45(36)44)40-25-13-19-30-14-7-8-20-34(30)40/h1-5,7-17,19-29H,6,18H2. The van der Waals surface area contributed by atoms with Crippen molar-refractivity contribution in [2.24, 2.45) is 0 Å². The molecule has 6 aromatic carbocycles. The van der Waals surface area contributed by atoms with E-state index in [9.17, 15) is 0 Å². The Morgan fingerprint density at radius 1 is 0.521 bits per heavy atom. The van der Waals surface area contributed by atoms with Crippen LogP contribution >= 0.6 is 0 Å². The summed E-state index contributed by atoms with van der Waals surface area (Å²) in [5.41, 5.74) is 11.5. The molecule has 0 amide bonds. The van der Waals surface area contributed by atoms with E-state index in [1.165, 1.54) is 65.6 Å². The molecule has 48 heavy (non-hydrogen) atoms. The molecule has 0 unspecified atom stereocenters. The van der Waals surface area contributed by atoms with Gasteiger partial charge in [0, 0.05) is 32.5 Å². The smallest absolute Gasteiger partial charge is 0.0730 e. The summed E-state index contributed by atoms with van der Waals surface area (Å²) in [7, 11) is 0. The van der Waals surface area contributed by atoms with Crippen molar-refractivity contribution in [2.45, 2.75) is 12.8 Å². The van der Waals surface area contributed by atoms with E-state index in [-0.39, 0.29) is 0 Å². The number of hydrogen-bond donors (Lipinski definition) is 0. The average Bonchev–Trinajstić information content (AvgIpc) is 3.68. The van der Waals surface area contributed by atoms with Gasteiger partial charge in [0.15, 0.2) is 0 Å². The van der Waals surface area contributed by atoms with Crippen LogP contribution in [0.2, 0.25) is 0 Å². The van der Waals surface area contributed by atoms with Gasteiger partial charge in [-0.2, -0.15) is 0 Å². The molecule has 226 valence electrons. The fourth-order valence-electron chi connectivity index (χ4n) is 7.82. The number of para-hydroxylation sites is 2. The maximum absolute atomic E-state index is 5.24. The van der Waals surface area contributed by atoms with Crippen LogP contribution in [-0.2, 0) is 0 Å². The maximum Gasteiger partial charge on any atom is 0.0730 e. The zero-order valence-corrected chi connectivity index (χ0v) is 26.3. The van der Waals surface area contributed by atoms with E-state index in [4.69, 9.17) is 4.98 Å². The van der Waals surface area contributed by atoms with E-state index in [1.807, 2.05) is 0 Å². The van der Waals surface area contributed by atoms with Gasteiger partial charge in [-0.05, 0) is 60.2 Å². The van der Waals surface area contributed by atoms with Crippen LogP contribution in [0.1, 0.15) is 18.5 Å². The fourth-order valence-corrected chi connectivity index (χ4v) is 7.82. The average molecular weight is 614 g/mol. The van der Waals surface area contributed by atoms with Gasteiger partial charge in [-0.1, -0.05) is 127 Å². The van der Waals surface area contributed by atoms with E-state index in [2.05, 4.69) is 173 Å². The van der Waals surface area contributed by atoms with E-state index in [1.54, 1.807) is 0 Å². The highest BCUT2D eigenvalue weighted by Gasteiger charge is 2.22. The van der Waals surface area contributed by atoms with Crippen LogP contribution in [0.15, 0.2) is 164 Å². The second-order valence-corrected chi connectivity index (χ2v) is 12.7. The van der Waals surface area contributed by atoms with Crippen molar-refractivity contribution in [3.63, 3.8) is 0 Å². The molecule has 1 aliphatic carbocycles. The number of pyridine rings is 1. The van der Waals surface area contributed by atoms with Gasteiger partial charge in [0.1, 0.15) is 0 Å². The molecule has 0 spiro atoms. The minimum atomic E-state index is 0.982. The van der Waals surface area contributed by atoms with E-state index >= 15 is 0 Å². The first kappa shape index (κ1) is 27.0. The Balaban J connectivity index is 1.35. The molecule has 3 heterocycles. The maximum atomic E-state index is 5.24. The second-order valence-electron chi connectivity index (χ2n) is 12.7. The van der Waals surface area contributed by atoms with Crippen LogP contribution in [0.3, 0.4) is 0 Å². The highest BCUT2D eigenvalue weighted by molar-refractivity contribution is 6.26. The van der Waals surface area contributed by atoms with Crippen molar-refractivity contribution in [1.29, 1.82) is 0 Å². The van der Waals surface area contributed by atoms with E-state index in [0.717, 1.165) is 35.5 Å². The van der Waals surface area contributed by atoms with Gasteiger partial charge in [-0.3, -0.25) is 0 Å². The molecule has 0 N–H and O–H groups in total. The Hall–Kier alpha value is -6.19. The summed E-state index contributed by atoms with van der Waals surface area (Å²) < 4.78 is 4.95. The summed E-state index contributed by atoms with van der Waals surface area (Å²) in [6.07, 6.45) is 8.64. The molecule has 0 saturated carbocycles. The molecule has 10 rings (SSSR count). The highest BCUT2D eigenvalue weighted by atomic mass is 15.0. The van der Waals surface area contributed by atoms with Crippen molar-refractivity contribution in [3.8, 4) is 22.6 Å². The first-order valence-corrected chi connectivity index (χ1v) is 16.7. The molecule has 0 radical (unpaired) electrons. The van der Waals surface area contributed by atoms with Crippen molar-refractivity contribution in [2.75, 3.05) is 0 Å². The van der Waals surface area contributed by atoms with Gasteiger partial charge in [-0.15, -0.1) is 0 Å². The zero-order chi connectivity index (χ0) is 31.6. The molecule has 3 heteroatoms. The van der Waals surface area contributed by atoms with Crippen LogP contribution in [0, 0.1) is 0 Å². The zero-order valence-electron chi connectivity index (χ0n) is 26.3. The van der Waals surface area contributed by atoms with Crippen LogP contribution in [0.4, 0.5) is 0 Å². The molecule has 9 aromatic rings. The van der Waals surface area contributed by atoms with Crippen molar-refractivity contribution in [3.05, 3.63) is 170 Å². The lowest BCUT2D eigenvalue weighted by Gasteiger charge is -2.15. The van der Waals surface area contributed by atoms with Gasteiger partial charge in [0.05, 0.1) is 44.8 Å². The molecular weight excluding hydrogens is 583 g/mol. The van der Waals surface area contributed by atoms with Crippen LogP contribution in [0.25, 0.3) is 82.6 Å². The minimum absolute atomic E-state index is 0.982. The van der Waals surface area contributed by atoms with Crippen molar-refractivity contribution in [1.82, 2.24) is 14.1 Å². The third kappa shape index (κ3) is 4.04. The van der Waals surface area contributed by atoms with Gasteiger partial charge < -0.3 is 9.13 Å². The summed E-state index contributed by atoms with van der Waals surface area (Å²) in [4.78, 5) is 5.24. The number of allylic oxidation sites excluding steroid dienone is 4. The molecule has 3 nitrogen and oxygen atoms in total. The normalized spacial score (nSPS) is 13.3. The van der Waals surface area contributed by atoms with Crippen molar-refractivity contribution >= 4 is 60.0 Å². The molecule has 1 aliphatic rings. The monoisotopic (exact) mass is 613 g/mol. The minimum Gasteiger partial charge on any atom is -0.309 e. The lowest BCUT2D eigenvalue weighted by Crippen LogP contribution is -2.01. The van der Waals surface area contributed by atoms with Gasteiger partial charge >= 0.3 is 0 Å². The summed E-state index contributed by atoms with van der Waals surface area (Å²) in [5, 5.41) is 7.49. The van der Waals surface area contributed by atoms with Crippen molar-refractivity contribution < 1.29 is 0 Å². The molecule has 0 fully saturated rings. The van der Waals surface area contributed by atoms with Crippen LogP contribution in [0.5, 0.6) is 0 Å². The highest BCUT2D eigenvalue weighted by Crippen LogP contribution is 2.43. The lowest BCUT2D eigenvalue weighted by molar-refractivity contribution is 1.03. The molecule has 0 bridgehead atoms. The molecule has 0 saturated heterocycles. The Morgan fingerprint density at radius 3 is 2.06 bits per heavy atom. The topological polar surface area (TPSA) is 22.8 Å². The molecule has 0 atom stereocenters. The lowest BCUT2D eigenvalue weighted by atomic mass is 10.00. The van der Waals surface area contributed by atoms with E-state index < -0.39 is 0 Å². The third-order valence-corrected chi connectivity index (χ3v) is 9.96. The Labute approximate surface area is 278 Å². The Morgan fingerprint density at radius 2 is 1.23 bits per heavy atom. The van der Waals surface area contributed by atoms with Gasteiger partial charge in [0.2, 0.25) is 0 Å². The Bertz CT molecular complexity index is 2770. The first-order chi connectivity index (χ1) is 23.8. The number of aromatic nitrogens is 3. The number of nitrogens with zero attached hydrogens (tertiary/aromatic N) is 3. The molecule has 0 aliphatic heterocycles. The summed E-state index contributed by atoms with van der Waals surface area (Å²) in [6.45, 7) is 0. The van der Waals surface area contributed by atoms with E-state index in [0.29, 0.717) is 0 Å². The Kier molecular flexibility index (Phi) is 6.00. The number of rotatable bonds is 4. The first-order valence-electron chi connectivity index (χ1n) is 16.7. The van der Waals surface area contributed by atoms with Crippen LogP contribution in [-0.4, -0.2) is 14.1 Å². The number of benzene rings is 6. The summed E-state index contributed by atoms with van der Waals surface area (Å²) in [5.74, 6) is 0. The third-order valence-electron chi connectivity index (χ3n) is 9.96. The second kappa shape index (κ2) is 10.7. The SMILES string of the molecule is C1=CCCC(c2cc(-n3c4ccccc4c4c3ccc3c5ccccc5n(-c5cccc6ccccc56)c34)cc(-c3ccccc3)n2)=C1. The molecule has 3 aromatic heterocycles. The van der Waals surface area contributed by atoms with Gasteiger partial charge in [0.25, 0.3) is 0 Å². The summed E-state index contributed by atoms with van der Waals surface area (Å²) in [6, 6.07) is 52.8. The number of fused-ring (bicyclic) bond motifs is 8. The molecular formula is C45H31N3. The van der Waals surface area contributed by atoms with Gasteiger partial charge in [-0.25, -0.2) is 4.98 Å². The largest absolute Gasteiger partial charge is 0.309 e. The quantitative estimate of drug-likeness (QED) is 0.194. The fraction of sp³-hybridized carbons (Fsp3) is 0.0444. The number of hydrogen-bond acceptors (Lipinski definition) is 1. The van der Waals surface area contributed by atoms with Crippen LogP contribution < -0.4 is 0 Å². The summed E-state index contributed by atoms with van der Waals surface area (Å²) >= 11 is 0. The predicted octanol–water partition coefficient (Wildman–Crippen LogP) is 11.8.